The molecule has 5 heteroatoms. The van der Waals surface area contributed by atoms with Gasteiger partial charge in [-0.1, -0.05) is 48.2 Å². The predicted octanol–water partition coefficient (Wildman–Crippen LogP) is 4.05. The molecule has 0 fully saturated rings. The van der Waals surface area contributed by atoms with E-state index in [1.807, 2.05) is 43.3 Å². The Balaban J connectivity index is 1.91. The summed E-state index contributed by atoms with van der Waals surface area (Å²) in [5.74, 6) is 1.55. The monoisotopic (exact) mass is 320 g/mol. The SMILES string of the molecule is Cc1ccccc1-n1c(C)nnc1SCc1ccccc1C#N. The fraction of sp³-hybridized carbons (Fsp3) is 0.167. The predicted molar refractivity (Wildman–Crippen MR) is 91.6 cm³/mol. The number of rotatable bonds is 4. The Labute approximate surface area is 139 Å². The summed E-state index contributed by atoms with van der Waals surface area (Å²) in [5, 5.41) is 18.5. The molecule has 114 valence electrons. The Bertz CT molecular complexity index is 877. The number of nitriles is 1. The number of benzene rings is 2. The maximum absolute atomic E-state index is 9.20. The molecule has 23 heavy (non-hydrogen) atoms. The van der Waals surface area contributed by atoms with E-state index in [1.54, 1.807) is 11.8 Å². The highest BCUT2D eigenvalue weighted by molar-refractivity contribution is 7.98. The molecule has 0 bridgehead atoms. The third-order valence-electron chi connectivity index (χ3n) is 3.65. The molecule has 0 aliphatic heterocycles. The van der Waals surface area contributed by atoms with Gasteiger partial charge < -0.3 is 0 Å². The first-order valence-corrected chi connectivity index (χ1v) is 8.28. The van der Waals surface area contributed by atoms with Crippen LogP contribution < -0.4 is 0 Å². The molecule has 0 saturated carbocycles. The third-order valence-corrected chi connectivity index (χ3v) is 4.62. The third kappa shape index (κ3) is 3.13. The quantitative estimate of drug-likeness (QED) is 0.681. The van der Waals surface area contributed by atoms with E-state index in [1.165, 1.54) is 5.56 Å². The van der Waals surface area contributed by atoms with Gasteiger partial charge in [0.15, 0.2) is 5.16 Å². The summed E-state index contributed by atoms with van der Waals surface area (Å²) in [7, 11) is 0. The molecule has 0 atom stereocenters. The van der Waals surface area contributed by atoms with Crippen molar-refractivity contribution in [2.24, 2.45) is 0 Å². The summed E-state index contributed by atoms with van der Waals surface area (Å²) in [6.07, 6.45) is 0. The topological polar surface area (TPSA) is 54.5 Å². The van der Waals surface area contributed by atoms with Crippen LogP contribution in [0.5, 0.6) is 0 Å². The standard InChI is InChI=1S/C18H16N4S/c1-13-7-3-6-10-17(13)22-14(2)20-21-18(22)23-12-16-9-5-4-8-15(16)11-19/h3-10H,12H2,1-2H3. The van der Waals surface area contributed by atoms with Gasteiger partial charge in [0.2, 0.25) is 0 Å². The van der Waals surface area contributed by atoms with Crippen LogP contribution in [0, 0.1) is 25.2 Å². The van der Waals surface area contributed by atoms with Gasteiger partial charge in [-0.25, -0.2) is 0 Å². The van der Waals surface area contributed by atoms with E-state index in [4.69, 9.17) is 0 Å². The number of hydrogen-bond donors (Lipinski definition) is 0. The van der Waals surface area contributed by atoms with Crippen molar-refractivity contribution in [2.75, 3.05) is 0 Å². The van der Waals surface area contributed by atoms with Crippen LogP contribution in [-0.4, -0.2) is 14.8 Å². The van der Waals surface area contributed by atoms with Gasteiger partial charge in [0.25, 0.3) is 0 Å². The van der Waals surface area contributed by atoms with Gasteiger partial charge in [-0.15, -0.1) is 10.2 Å². The lowest BCUT2D eigenvalue weighted by molar-refractivity contribution is 0.861. The first kappa shape index (κ1) is 15.3. The summed E-state index contributed by atoms with van der Waals surface area (Å²) in [6, 6.07) is 18.1. The van der Waals surface area contributed by atoms with Crippen LogP contribution in [0.1, 0.15) is 22.5 Å². The van der Waals surface area contributed by atoms with Gasteiger partial charge >= 0.3 is 0 Å². The van der Waals surface area contributed by atoms with Crippen molar-refractivity contribution in [3.8, 4) is 11.8 Å². The van der Waals surface area contributed by atoms with Gasteiger partial charge in [-0.2, -0.15) is 5.26 Å². The van der Waals surface area contributed by atoms with Crippen LogP contribution in [0.15, 0.2) is 53.7 Å². The average Bonchev–Trinajstić information content (AvgIpc) is 2.94. The first-order valence-electron chi connectivity index (χ1n) is 7.29. The Morgan fingerprint density at radius 3 is 2.57 bits per heavy atom. The fourth-order valence-electron chi connectivity index (χ4n) is 2.43. The van der Waals surface area contributed by atoms with Crippen molar-refractivity contribution >= 4 is 11.8 Å². The average molecular weight is 320 g/mol. The Kier molecular flexibility index (Phi) is 4.45. The molecular formula is C18H16N4S. The number of hydrogen-bond acceptors (Lipinski definition) is 4. The van der Waals surface area contributed by atoms with Gasteiger partial charge in [-0.3, -0.25) is 4.57 Å². The van der Waals surface area contributed by atoms with Crippen LogP contribution in [-0.2, 0) is 5.75 Å². The van der Waals surface area contributed by atoms with Crippen LogP contribution in [0.25, 0.3) is 5.69 Å². The molecule has 0 unspecified atom stereocenters. The van der Waals surface area contributed by atoms with Crippen molar-refractivity contribution in [3.63, 3.8) is 0 Å². The van der Waals surface area contributed by atoms with Crippen LogP contribution >= 0.6 is 11.8 Å². The molecule has 1 aromatic heterocycles. The van der Waals surface area contributed by atoms with E-state index in [2.05, 4.69) is 39.9 Å². The van der Waals surface area contributed by atoms with Gasteiger partial charge in [-0.05, 0) is 37.1 Å². The van der Waals surface area contributed by atoms with Crippen molar-refractivity contribution in [3.05, 3.63) is 71.0 Å². The number of para-hydroxylation sites is 1. The highest BCUT2D eigenvalue weighted by atomic mass is 32.2. The second-order valence-electron chi connectivity index (χ2n) is 5.21. The lowest BCUT2D eigenvalue weighted by Gasteiger charge is -2.11. The molecule has 4 nitrogen and oxygen atoms in total. The van der Waals surface area contributed by atoms with E-state index >= 15 is 0 Å². The maximum atomic E-state index is 9.20. The molecule has 0 aliphatic rings. The fourth-order valence-corrected chi connectivity index (χ4v) is 3.42. The Morgan fingerprint density at radius 2 is 1.78 bits per heavy atom. The van der Waals surface area contributed by atoms with Crippen molar-refractivity contribution in [1.82, 2.24) is 14.8 Å². The smallest absolute Gasteiger partial charge is 0.196 e. The number of nitrogens with zero attached hydrogens (tertiary/aromatic N) is 4. The van der Waals surface area contributed by atoms with E-state index in [9.17, 15) is 5.26 Å². The minimum atomic E-state index is 0.688. The molecule has 0 amide bonds. The number of thioether (sulfide) groups is 1. The van der Waals surface area contributed by atoms with E-state index in [-0.39, 0.29) is 0 Å². The summed E-state index contributed by atoms with van der Waals surface area (Å²) in [4.78, 5) is 0. The zero-order chi connectivity index (χ0) is 16.2. The molecular weight excluding hydrogens is 304 g/mol. The lowest BCUT2D eigenvalue weighted by atomic mass is 10.1. The van der Waals surface area contributed by atoms with E-state index in [0.717, 1.165) is 22.2 Å². The summed E-state index contributed by atoms with van der Waals surface area (Å²) >= 11 is 1.59. The molecule has 0 aliphatic carbocycles. The summed E-state index contributed by atoms with van der Waals surface area (Å²) in [5.41, 5.74) is 3.98. The molecule has 0 spiro atoms. The summed E-state index contributed by atoms with van der Waals surface area (Å²) in [6.45, 7) is 4.03. The number of aromatic nitrogens is 3. The zero-order valence-electron chi connectivity index (χ0n) is 13.0. The van der Waals surface area contributed by atoms with Crippen molar-refractivity contribution < 1.29 is 0 Å². The van der Waals surface area contributed by atoms with Crippen LogP contribution in [0.4, 0.5) is 0 Å². The molecule has 0 saturated heterocycles. The Morgan fingerprint density at radius 1 is 1.04 bits per heavy atom. The second-order valence-corrected chi connectivity index (χ2v) is 6.15. The molecule has 2 aromatic carbocycles. The highest BCUT2D eigenvalue weighted by Crippen LogP contribution is 2.27. The molecule has 1 heterocycles. The molecule has 0 N–H and O–H groups in total. The van der Waals surface area contributed by atoms with Gasteiger partial charge in [0.05, 0.1) is 17.3 Å². The molecule has 3 aromatic rings. The van der Waals surface area contributed by atoms with Crippen molar-refractivity contribution in [1.29, 1.82) is 5.26 Å². The number of aryl methyl sites for hydroxylation is 2. The molecule has 3 rings (SSSR count). The van der Waals surface area contributed by atoms with Crippen LogP contribution in [0.3, 0.4) is 0 Å². The molecule has 0 radical (unpaired) electrons. The zero-order valence-corrected chi connectivity index (χ0v) is 13.8. The first-order chi connectivity index (χ1) is 11.2. The van der Waals surface area contributed by atoms with E-state index in [0.29, 0.717) is 11.3 Å². The second kappa shape index (κ2) is 6.67. The maximum Gasteiger partial charge on any atom is 0.196 e. The minimum Gasteiger partial charge on any atom is -0.274 e. The van der Waals surface area contributed by atoms with E-state index < -0.39 is 0 Å². The van der Waals surface area contributed by atoms with Crippen molar-refractivity contribution in [2.45, 2.75) is 24.8 Å². The Hall–Kier alpha value is -2.58. The summed E-state index contributed by atoms with van der Waals surface area (Å²) < 4.78 is 2.06. The normalized spacial score (nSPS) is 10.5. The lowest BCUT2D eigenvalue weighted by Crippen LogP contribution is -2.01. The van der Waals surface area contributed by atoms with Gasteiger partial charge in [0.1, 0.15) is 5.82 Å². The largest absolute Gasteiger partial charge is 0.274 e. The highest BCUT2D eigenvalue weighted by Gasteiger charge is 2.13. The van der Waals surface area contributed by atoms with Crippen LogP contribution in [0.2, 0.25) is 0 Å². The van der Waals surface area contributed by atoms with Gasteiger partial charge in [0, 0.05) is 5.75 Å². The minimum absolute atomic E-state index is 0.688.